The minimum atomic E-state index is -5.06. The molecule has 2 aromatic carbocycles. The number of nitrogens with one attached hydrogen (secondary N) is 1. The summed E-state index contributed by atoms with van der Waals surface area (Å²) in [5, 5.41) is 3.11. The molecule has 1 saturated heterocycles. The van der Waals surface area contributed by atoms with Crippen LogP contribution in [0, 0.1) is 0 Å². The number of hydrogen-bond donors (Lipinski definition) is 1. The molecule has 5 nitrogen and oxygen atoms in total. The molecule has 1 heterocycles. The largest absolute Gasteiger partial charge is 0.459 e. The van der Waals surface area contributed by atoms with Crippen LogP contribution >= 0.6 is 12.4 Å². The number of benzene rings is 2. The summed E-state index contributed by atoms with van der Waals surface area (Å²) in [6, 6.07) is 9.24. The standard InChI is InChI=1S/C27H30F6N2O3.ClH/c1-25(2,3)38-23(36)16-34-21-9-10-35(22(15-21)11-17-7-5-4-6-8-17)24(37)18-12-19(26(28,29)30)14-20(13-18)27(31,32)33;/h4-8,12-14,21-22,34H,9-11,15-16H2,1-3H3;1H/t21-,22+;/m0./s1. The zero-order valence-electron chi connectivity index (χ0n) is 21.7. The number of carbonyl (C=O) groups excluding carboxylic acids is 2. The van der Waals surface area contributed by atoms with Gasteiger partial charge in [-0.25, -0.2) is 0 Å². The van der Waals surface area contributed by atoms with Gasteiger partial charge in [0, 0.05) is 24.2 Å². The third-order valence-corrected chi connectivity index (χ3v) is 6.08. The van der Waals surface area contributed by atoms with Crippen LogP contribution in [0.4, 0.5) is 26.3 Å². The van der Waals surface area contributed by atoms with Gasteiger partial charge in [-0.3, -0.25) is 9.59 Å². The molecule has 1 aliphatic heterocycles. The summed E-state index contributed by atoms with van der Waals surface area (Å²) in [6.07, 6.45) is -9.08. The van der Waals surface area contributed by atoms with Crippen molar-refractivity contribution >= 4 is 24.3 Å². The Morgan fingerprint density at radius 1 is 0.949 bits per heavy atom. The van der Waals surface area contributed by atoms with E-state index in [9.17, 15) is 35.9 Å². The molecule has 12 heteroatoms. The molecular formula is C27H31ClF6N2O3. The van der Waals surface area contributed by atoms with Gasteiger partial charge in [0.1, 0.15) is 5.60 Å². The van der Waals surface area contributed by atoms with Crippen LogP contribution in [-0.4, -0.2) is 47.6 Å². The van der Waals surface area contributed by atoms with Crippen LogP contribution < -0.4 is 5.32 Å². The van der Waals surface area contributed by atoms with E-state index in [0.29, 0.717) is 31.4 Å². The van der Waals surface area contributed by atoms with E-state index in [1.165, 1.54) is 4.90 Å². The van der Waals surface area contributed by atoms with Crippen LogP contribution in [0.3, 0.4) is 0 Å². The zero-order valence-corrected chi connectivity index (χ0v) is 22.5. The van der Waals surface area contributed by atoms with Crippen molar-refractivity contribution in [2.45, 2.75) is 70.1 Å². The highest BCUT2D eigenvalue weighted by molar-refractivity contribution is 5.95. The van der Waals surface area contributed by atoms with Crippen molar-refractivity contribution < 1.29 is 40.7 Å². The molecule has 0 aliphatic carbocycles. The van der Waals surface area contributed by atoms with Gasteiger partial charge in [0.15, 0.2) is 0 Å². The van der Waals surface area contributed by atoms with Crippen LogP contribution in [0.15, 0.2) is 48.5 Å². The van der Waals surface area contributed by atoms with Crippen LogP contribution in [0.5, 0.6) is 0 Å². The van der Waals surface area contributed by atoms with Gasteiger partial charge in [-0.1, -0.05) is 30.3 Å². The summed E-state index contributed by atoms with van der Waals surface area (Å²) in [7, 11) is 0. The number of piperidine rings is 1. The monoisotopic (exact) mass is 580 g/mol. The molecule has 1 aliphatic rings. The van der Waals surface area contributed by atoms with E-state index in [-0.39, 0.29) is 37.6 Å². The predicted octanol–water partition coefficient (Wildman–Crippen LogP) is 6.29. The smallest absolute Gasteiger partial charge is 0.416 e. The van der Waals surface area contributed by atoms with Crippen molar-refractivity contribution in [2.75, 3.05) is 13.1 Å². The SMILES string of the molecule is CC(C)(C)OC(=O)CN[C@H]1CCN(C(=O)c2cc(C(F)(F)F)cc(C(F)(F)F)c2)[C@H](Cc2ccccc2)C1.Cl. The number of rotatable bonds is 6. The number of amides is 1. The van der Waals surface area contributed by atoms with Gasteiger partial charge in [0.25, 0.3) is 5.91 Å². The van der Waals surface area contributed by atoms with Gasteiger partial charge in [-0.2, -0.15) is 26.3 Å². The molecule has 0 unspecified atom stereocenters. The Balaban J connectivity index is 0.00000533. The highest BCUT2D eigenvalue weighted by Crippen LogP contribution is 2.37. The Hall–Kier alpha value is -2.79. The molecule has 0 saturated carbocycles. The van der Waals surface area contributed by atoms with Crippen molar-refractivity contribution in [3.63, 3.8) is 0 Å². The van der Waals surface area contributed by atoms with Gasteiger partial charge in [0.05, 0.1) is 17.7 Å². The zero-order chi connectivity index (χ0) is 28.3. The van der Waals surface area contributed by atoms with Gasteiger partial charge < -0.3 is 15.0 Å². The normalized spacial score (nSPS) is 18.3. The fourth-order valence-corrected chi connectivity index (χ4v) is 4.43. The topological polar surface area (TPSA) is 58.6 Å². The Morgan fingerprint density at radius 2 is 1.51 bits per heavy atom. The number of alkyl halides is 6. The van der Waals surface area contributed by atoms with Crippen LogP contribution in [0.25, 0.3) is 0 Å². The maximum atomic E-state index is 13.4. The summed E-state index contributed by atoms with van der Waals surface area (Å²) < 4.78 is 85.5. The minimum absolute atomic E-state index is 0. The second-order valence-electron chi connectivity index (χ2n) is 10.3. The molecule has 1 amide bonds. The number of likely N-dealkylation sites (tertiary alicyclic amines) is 1. The summed E-state index contributed by atoms with van der Waals surface area (Å²) in [4.78, 5) is 26.8. The summed E-state index contributed by atoms with van der Waals surface area (Å²) >= 11 is 0. The summed E-state index contributed by atoms with van der Waals surface area (Å²) in [5.41, 5.74) is -3.56. The highest BCUT2D eigenvalue weighted by Gasteiger charge is 2.39. The molecule has 39 heavy (non-hydrogen) atoms. The predicted molar refractivity (Wildman–Crippen MR) is 136 cm³/mol. The fourth-order valence-electron chi connectivity index (χ4n) is 4.43. The van der Waals surface area contributed by atoms with E-state index >= 15 is 0 Å². The third kappa shape index (κ3) is 9.42. The Bertz CT molecular complexity index is 1100. The minimum Gasteiger partial charge on any atom is -0.459 e. The van der Waals surface area contributed by atoms with Crippen LogP contribution in [-0.2, 0) is 28.3 Å². The highest BCUT2D eigenvalue weighted by atomic mass is 35.5. The van der Waals surface area contributed by atoms with Gasteiger partial charge in [-0.15, -0.1) is 12.4 Å². The van der Waals surface area contributed by atoms with Crippen molar-refractivity contribution in [1.29, 1.82) is 0 Å². The molecule has 2 aromatic rings. The molecule has 3 rings (SSSR count). The third-order valence-electron chi connectivity index (χ3n) is 6.08. The van der Waals surface area contributed by atoms with Crippen molar-refractivity contribution in [1.82, 2.24) is 10.2 Å². The lowest BCUT2D eigenvalue weighted by atomic mass is 9.91. The number of halogens is 7. The summed E-state index contributed by atoms with van der Waals surface area (Å²) in [5.74, 6) is -1.37. The molecule has 0 aromatic heterocycles. The lowest BCUT2D eigenvalue weighted by molar-refractivity contribution is -0.154. The first kappa shape index (κ1) is 32.4. The molecule has 0 spiro atoms. The first-order valence-corrected chi connectivity index (χ1v) is 12.1. The van der Waals surface area contributed by atoms with Crippen molar-refractivity contribution in [3.8, 4) is 0 Å². The van der Waals surface area contributed by atoms with Gasteiger partial charge in [0.2, 0.25) is 0 Å². The van der Waals surface area contributed by atoms with Crippen LogP contribution in [0.1, 0.15) is 60.7 Å². The lowest BCUT2D eigenvalue weighted by Crippen LogP contribution is -2.52. The van der Waals surface area contributed by atoms with Gasteiger partial charge in [-0.05, 0) is 63.8 Å². The number of ether oxygens (including phenoxy) is 1. The molecule has 2 atom stereocenters. The number of esters is 1. The van der Waals surface area contributed by atoms with Crippen LogP contribution in [0.2, 0.25) is 0 Å². The lowest BCUT2D eigenvalue weighted by Gasteiger charge is -2.40. The Morgan fingerprint density at radius 3 is 2.03 bits per heavy atom. The Kier molecular flexibility index (Phi) is 10.5. The quantitative estimate of drug-likeness (QED) is 0.322. The first-order chi connectivity index (χ1) is 17.5. The fraction of sp³-hybridized carbons (Fsp3) is 0.481. The molecule has 1 N–H and O–H groups in total. The van der Waals surface area contributed by atoms with E-state index in [4.69, 9.17) is 4.74 Å². The molecule has 0 radical (unpaired) electrons. The average Bonchev–Trinajstić information content (AvgIpc) is 2.80. The first-order valence-electron chi connectivity index (χ1n) is 12.1. The van der Waals surface area contributed by atoms with Crippen molar-refractivity contribution in [2.24, 2.45) is 0 Å². The molecule has 0 bridgehead atoms. The second-order valence-corrected chi connectivity index (χ2v) is 10.3. The molecule has 1 fully saturated rings. The van der Waals surface area contributed by atoms with E-state index in [2.05, 4.69) is 5.32 Å². The summed E-state index contributed by atoms with van der Waals surface area (Å²) in [6.45, 7) is 5.23. The average molecular weight is 581 g/mol. The Labute approximate surface area is 229 Å². The number of hydrogen-bond acceptors (Lipinski definition) is 4. The van der Waals surface area contributed by atoms with E-state index in [1.54, 1.807) is 39.0 Å². The molecule has 216 valence electrons. The maximum Gasteiger partial charge on any atom is 0.416 e. The number of carbonyl (C=O) groups is 2. The van der Waals surface area contributed by atoms with E-state index in [0.717, 1.165) is 5.56 Å². The van der Waals surface area contributed by atoms with Crippen molar-refractivity contribution in [3.05, 3.63) is 70.8 Å². The maximum absolute atomic E-state index is 13.4. The second kappa shape index (κ2) is 12.6. The van der Waals surface area contributed by atoms with Gasteiger partial charge >= 0.3 is 18.3 Å². The van der Waals surface area contributed by atoms with E-state index < -0.39 is 52.6 Å². The van der Waals surface area contributed by atoms with E-state index in [1.807, 2.05) is 12.1 Å². The number of nitrogens with zero attached hydrogens (tertiary/aromatic N) is 1. The molecular weight excluding hydrogens is 550 g/mol.